The first kappa shape index (κ1) is 30.7. The minimum absolute atomic E-state index is 0.0698. The van der Waals surface area contributed by atoms with Gasteiger partial charge in [0.2, 0.25) is 0 Å². The van der Waals surface area contributed by atoms with Crippen LogP contribution in [-0.4, -0.2) is 49.2 Å². The number of carbonyl (C=O) groups is 1. The van der Waals surface area contributed by atoms with Gasteiger partial charge in [0.05, 0.1) is 34.9 Å². The van der Waals surface area contributed by atoms with Crippen LogP contribution in [-0.2, 0) is 29.7 Å². The molecule has 2 aliphatic rings. The van der Waals surface area contributed by atoms with Crippen LogP contribution in [0.2, 0.25) is 0 Å². The third-order valence-corrected chi connectivity index (χ3v) is 9.68. The number of nitrogens with one attached hydrogen (secondary N) is 1. The van der Waals surface area contributed by atoms with Gasteiger partial charge in [-0.1, -0.05) is 56.3 Å². The van der Waals surface area contributed by atoms with E-state index in [1.807, 2.05) is 56.1 Å². The van der Waals surface area contributed by atoms with Crippen LogP contribution in [0, 0.1) is 22.0 Å². The van der Waals surface area contributed by atoms with Gasteiger partial charge in [-0.25, -0.2) is 4.79 Å². The van der Waals surface area contributed by atoms with Gasteiger partial charge in [-0.3, -0.25) is 19.6 Å². The molecule has 0 spiro atoms. The second-order valence-electron chi connectivity index (χ2n) is 10.9. The summed E-state index contributed by atoms with van der Waals surface area (Å²) in [6.07, 6.45) is 0. The standard InChI is InChI=1S/C30H38N3O7P/c1-20(2)25-18-39-41(37,40-19-25)29-22(4)31-21(3)27(28(29)24-12-9-13-26(16-24)33(35)36)30(34)38-15-14-32(5)17-23-10-7-6-8-11-23/h6-13,16,20,25,28,31H,14-15,17-19H2,1-5H3. The Bertz CT molecular complexity index is 1380. The smallest absolute Gasteiger partial charge is 0.360 e. The Morgan fingerprint density at radius 1 is 1.12 bits per heavy atom. The number of ether oxygens (including phenoxy) is 1. The predicted octanol–water partition coefficient (Wildman–Crippen LogP) is 5.97. The minimum atomic E-state index is -3.87. The van der Waals surface area contributed by atoms with Crippen LogP contribution in [0.3, 0.4) is 0 Å². The van der Waals surface area contributed by atoms with E-state index in [1.54, 1.807) is 26.0 Å². The molecule has 1 saturated heterocycles. The molecule has 0 aliphatic carbocycles. The summed E-state index contributed by atoms with van der Waals surface area (Å²) in [4.78, 5) is 26.8. The fraction of sp³-hybridized carbons (Fsp3) is 0.433. The van der Waals surface area contributed by atoms with Crippen LogP contribution in [0.5, 0.6) is 0 Å². The van der Waals surface area contributed by atoms with E-state index < -0.39 is 24.4 Å². The van der Waals surface area contributed by atoms with Crippen molar-refractivity contribution < 1.29 is 28.1 Å². The van der Waals surface area contributed by atoms with Crippen molar-refractivity contribution in [3.8, 4) is 0 Å². The lowest BCUT2D eigenvalue weighted by Gasteiger charge is -2.38. The van der Waals surface area contributed by atoms with Crippen molar-refractivity contribution in [2.75, 3.05) is 33.4 Å². The summed E-state index contributed by atoms with van der Waals surface area (Å²) in [6, 6.07) is 16.0. The fourth-order valence-corrected chi connectivity index (χ4v) is 7.29. The van der Waals surface area contributed by atoms with Crippen molar-refractivity contribution in [1.29, 1.82) is 0 Å². The number of likely N-dealkylation sites (N-methyl/N-ethyl adjacent to an activating group) is 1. The van der Waals surface area contributed by atoms with Gasteiger partial charge in [-0.15, -0.1) is 0 Å². The fourth-order valence-electron chi connectivity index (χ4n) is 5.10. The quantitative estimate of drug-likeness (QED) is 0.156. The summed E-state index contributed by atoms with van der Waals surface area (Å²) < 4.78 is 31.9. The first-order valence-corrected chi connectivity index (χ1v) is 15.3. The highest BCUT2D eigenvalue weighted by Gasteiger charge is 2.47. The SMILES string of the molecule is CC1=C(C(=O)OCCN(C)Cc2ccccc2)C(c2cccc([N+](=O)[O-])c2)C(P2(=O)OCC(C(C)C)CO2)=C(C)N1. The van der Waals surface area contributed by atoms with Crippen molar-refractivity contribution in [2.45, 2.75) is 40.2 Å². The molecule has 1 fully saturated rings. The van der Waals surface area contributed by atoms with Crippen molar-refractivity contribution in [3.05, 3.63) is 98.1 Å². The van der Waals surface area contributed by atoms with Crippen LogP contribution < -0.4 is 5.32 Å². The zero-order chi connectivity index (χ0) is 29.7. The van der Waals surface area contributed by atoms with Gasteiger partial charge < -0.3 is 19.1 Å². The molecular formula is C30H38N3O7P. The first-order valence-electron chi connectivity index (χ1n) is 13.7. The second kappa shape index (κ2) is 13.1. The van der Waals surface area contributed by atoms with E-state index in [-0.39, 0.29) is 48.2 Å². The summed E-state index contributed by atoms with van der Waals surface area (Å²) in [6.45, 7) is 9.35. The number of nitro groups is 1. The van der Waals surface area contributed by atoms with Gasteiger partial charge in [0.15, 0.2) is 0 Å². The van der Waals surface area contributed by atoms with Gasteiger partial charge in [-0.05, 0) is 37.9 Å². The number of carbonyl (C=O) groups excluding carboxylic acids is 1. The van der Waals surface area contributed by atoms with E-state index in [2.05, 4.69) is 5.32 Å². The van der Waals surface area contributed by atoms with E-state index in [4.69, 9.17) is 13.8 Å². The van der Waals surface area contributed by atoms with E-state index in [1.165, 1.54) is 12.1 Å². The monoisotopic (exact) mass is 583 g/mol. The lowest BCUT2D eigenvalue weighted by Crippen LogP contribution is -2.33. The molecule has 220 valence electrons. The molecule has 0 saturated carbocycles. The Morgan fingerprint density at radius 3 is 2.44 bits per heavy atom. The molecule has 1 N–H and O–H groups in total. The lowest BCUT2D eigenvalue weighted by atomic mass is 9.86. The van der Waals surface area contributed by atoms with Crippen molar-refractivity contribution in [1.82, 2.24) is 10.2 Å². The maximum Gasteiger partial charge on any atom is 0.360 e. The predicted molar refractivity (Wildman–Crippen MR) is 156 cm³/mol. The molecule has 1 atom stereocenters. The highest BCUT2D eigenvalue weighted by molar-refractivity contribution is 7.58. The molecule has 0 amide bonds. The molecular weight excluding hydrogens is 545 g/mol. The number of rotatable bonds is 10. The molecule has 1 unspecified atom stereocenters. The number of hydrogen-bond donors (Lipinski definition) is 1. The summed E-state index contributed by atoms with van der Waals surface area (Å²) in [5.41, 5.74) is 2.67. The van der Waals surface area contributed by atoms with Crippen LogP contribution >= 0.6 is 7.60 Å². The van der Waals surface area contributed by atoms with Crippen molar-refractivity contribution in [2.24, 2.45) is 11.8 Å². The van der Waals surface area contributed by atoms with Crippen LogP contribution in [0.1, 0.15) is 44.7 Å². The normalized spacial score (nSPS) is 23.1. The van der Waals surface area contributed by atoms with Crippen LogP contribution in [0.25, 0.3) is 0 Å². The number of non-ortho nitro benzene ring substituents is 1. The number of allylic oxidation sites excluding steroid dienone is 3. The van der Waals surface area contributed by atoms with E-state index in [0.717, 1.165) is 5.56 Å². The van der Waals surface area contributed by atoms with E-state index in [9.17, 15) is 19.5 Å². The average Bonchev–Trinajstić information content (AvgIpc) is 2.93. The maximum absolute atomic E-state index is 14.3. The Labute approximate surface area is 241 Å². The molecule has 2 aromatic rings. The first-order chi connectivity index (χ1) is 19.5. The zero-order valence-electron chi connectivity index (χ0n) is 24.2. The van der Waals surface area contributed by atoms with Crippen LogP contribution in [0.4, 0.5) is 5.69 Å². The number of dihydropyridines is 1. The summed E-state index contributed by atoms with van der Waals surface area (Å²) in [7, 11) is -1.93. The number of hydrogen-bond acceptors (Lipinski definition) is 9. The summed E-state index contributed by atoms with van der Waals surface area (Å²) in [5.74, 6) is -1.19. The number of benzene rings is 2. The Hall–Kier alpha value is -3.30. The van der Waals surface area contributed by atoms with Gasteiger partial charge in [0.25, 0.3) is 5.69 Å². The average molecular weight is 584 g/mol. The van der Waals surface area contributed by atoms with Crippen molar-refractivity contribution in [3.63, 3.8) is 0 Å². The van der Waals surface area contributed by atoms with E-state index >= 15 is 0 Å². The number of nitrogens with zero attached hydrogens (tertiary/aromatic N) is 2. The topological polar surface area (TPSA) is 120 Å². The van der Waals surface area contributed by atoms with Gasteiger partial charge >= 0.3 is 13.6 Å². The van der Waals surface area contributed by atoms with Gasteiger partial charge in [0, 0.05) is 42.5 Å². The minimum Gasteiger partial charge on any atom is -0.461 e. The maximum atomic E-state index is 14.3. The lowest BCUT2D eigenvalue weighted by molar-refractivity contribution is -0.384. The van der Waals surface area contributed by atoms with Gasteiger partial charge in [-0.2, -0.15) is 0 Å². The molecule has 0 radical (unpaired) electrons. The molecule has 4 rings (SSSR count). The number of esters is 1. The molecule has 11 heteroatoms. The van der Waals surface area contributed by atoms with Crippen molar-refractivity contribution >= 4 is 19.3 Å². The third-order valence-electron chi connectivity index (χ3n) is 7.52. The summed E-state index contributed by atoms with van der Waals surface area (Å²) in [5, 5.41) is 15.1. The summed E-state index contributed by atoms with van der Waals surface area (Å²) >= 11 is 0. The molecule has 2 aromatic carbocycles. The Balaban J connectivity index is 1.62. The molecule has 2 aliphatic heterocycles. The molecule has 2 heterocycles. The number of nitro benzene ring substituents is 1. The molecule has 41 heavy (non-hydrogen) atoms. The molecule has 0 aromatic heterocycles. The van der Waals surface area contributed by atoms with E-state index in [0.29, 0.717) is 30.0 Å². The Kier molecular flexibility index (Phi) is 9.81. The molecule has 0 bridgehead atoms. The van der Waals surface area contributed by atoms with Gasteiger partial charge in [0.1, 0.15) is 6.61 Å². The highest BCUT2D eigenvalue weighted by atomic mass is 31.2. The third kappa shape index (κ3) is 7.13. The largest absolute Gasteiger partial charge is 0.461 e. The Morgan fingerprint density at radius 2 is 1.80 bits per heavy atom. The van der Waals surface area contributed by atoms with Crippen LogP contribution in [0.15, 0.2) is 76.9 Å². The zero-order valence-corrected chi connectivity index (χ0v) is 25.1. The highest BCUT2D eigenvalue weighted by Crippen LogP contribution is 2.66. The molecule has 10 nitrogen and oxygen atoms in total. The second-order valence-corrected chi connectivity index (χ2v) is 12.9.